The van der Waals surface area contributed by atoms with Gasteiger partial charge in [-0.05, 0) is 0 Å². The molecule has 102 valence electrons. The Morgan fingerprint density at radius 1 is 1.47 bits per heavy atom. The number of rotatable bonds is 5. The molecule has 1 aromatic heterocycles. The van der Waals surface area contributed by atoms with Gasteiger partial charge in [-0.2, -0.15) is 0 Å². The Morgan fingerprint density at radius 2 is 2.16 bits per heavy atom. The van der Waals surface area contributed by atoms with E-state index >= 15 is 0 Å². The highest BCUT2D eigenvalue weighted by Crippen LogP contribution is 2.03. The van der Waals surface area contributed by atoms with Crippen LogP contribution >= 0.6 is 11.6 Å². The number of methoxy groups -OCH3 is 1. The number of nitrogens with one attached hydrogen (secondary N) is 1. The fourth-order valence-electron chi connectivity index (χ4n) is 1.13. The van der Waals surface area contributed by atoms with Gasteiger partial charge in [0.15, 0.2) is 0 Å². The summed E-state index contributed by atoms with van der Waals surface area (Å²) in [6.45, 7) is 0. The van der Waals surface area contributed by atoms with Crippen LogP contribution in [0, 0.1) is 0 Å². The first-order chi connectivity index (χ1) is 8.93. The number of hydrogen-bond donors (Lipinski definition) is 2. The Morgan fingerprint density at radius 3 is 2.68 bits per heavy atom. The molecule has 0 spiro atoms. The normalized spacial score (nSPS) is 11.5. The number of amides is 1. The first kappa shape index (κ1) is 14.8. The van der Waals surface area contributed by atoms with Crippen molar-refractivity contribution in [3.05, 3.63) is 23.2 Å². The van der Waals surface area contributed by atoms with Crippen molar-refractivity contribution in [2.24, 2.45) is 0 Å². The maximum atomic E-state index is 11.7. The van der Waals surface area contributed by atoms with Crippen molar-refractivity contribution in [2.45, 2.75) is 12.5 Å². The van der Waals surface area contributed by atoms with Gasteiger partial charge in [-0.15, -0.1) is 0 Å². The SMILES string of the molecule is COC(=O)C[C@H](NC(=O)c1cncc(Cl)n1)C(=O)O. The third-order valence-electron chi connectivity index (χ3n) is 2.04. The molecule has 0 saturated heterocycles. The quantitative estimate of drug-likeness (QED) is 0.724. The van der Waals surface area contributed by atoms with Crippen LogP contribution in [0.4, 0.5) is 0 Å². The smallest absolute Gasteiger partial charge is 0.326 e. The van der Waals surface area contributed by atoms with Crippen LogP contribution in [0.25, 0.3) is 0 Å². The second kappa shape index (κ2) is 6.64. The van der Waals surface area contributed by atoms with E-state index in [1.54, 1.807) is 0 Å². The monoisotopic (exact) mass is 287 g/mol. The average molecular weight is 288 g/mol. The minimum absolute atomic E-state index is 0.00695. The van der Waals surface area contributed by atoms with E-state index in [-0.39, 0.29) is 10.8 Å². The molecular formula is C10H10ClN3O5. The Kier molecular flexibility index (Phi) is 5.19. The lowest BCUT2D eigenvalue weighted by atomic mass is 10.2. The van der Waals surface area contributed by atoms with Crippen LogP contribution in [0.15, 0.2) is 12.4 Å². The molecule has 1 heterocycles. The topological polar surface area (TPSA) is 118 Å². The lowest BCUT2D eigenvalue weighted by Gasteiger charge is -2.12. The van der Waals surface area contributed by atoms with Crippen LogP contribution < -0.4 is 5.32 Å². The van der Waals surface area contributed by atoms with E-state index in [0.717, 1.165) is 13.3 Å². The summed E-state index contributed by atoms with van der Waals surface area (Å²) in [5.41, 5.74) is -0.149. The third-order valence-corrected chi connectivity index (χ3v) is 2.22. The van der Waals surface area contributed by atoms with Gasteiger partial charge < -0.3 is 15.2 Å². The molecule has 0 aromatic carbocycles. The summed E-state index contributed by atoms with van der Waals surface area (Å²) in [5, 5.41) is 11.0. The van der Waals surface area contributed by atoms with Crippen LogP contribution in [0.1, 0.15) is 16.9 Å². The highest BCUT2D eigenvalue weighted by Gasteiger charge is 2.24. The molecule has 0 fully saturated rings. The summed E-state index contributed by atoms with van der Waals surface area (Å²) in [6.07, 6.45) is 1.85. The van der Waals surface area contributed by atoms with Crippen molar-refractivity contribution in [1.82, 2.24) is 15.3 Å². The molecule has 1 atom stereocenters. The molecule has 0 unspecified atom stereocenters. The molecule has 0 bridgehead atoms. The maximum Gasteiger partial charge on any atom is 0.326 e. The third kappa shape index (κ3) is 4.51. The summed E-state index contributed by atoms with van der Waals surface area (Å²) in [4.78, 5) is 40.9. The molecule has 0 aliphatic carbocycles. The van der Waals surface area contributed by atoms with Crippen LogP contribution in [0.3, 0.4) is 0 Å². The van der Waals surface area contributed by atoms with Crippen molar-refractivity contribution >= 4 is 29.4 Å². The van der Waals surface area contributed by atoms with Gasteiger partial charge in [-0.25, -0.2) is 9.78 Å². The van der Waals surface area contributed by atoms with Gasteiger partial charge in [0.2, 0.25) is 0 Å². The zero-order valence-corrected chi connectivity index (χ0v) is 10.5. The minimum Gasteiger partial charge on any atom is -0.480 e. The lowest BCUT2D eigenvalue weighted by molar-refractivity contribution is -0.147. The number of carbonyl (C=O) groups excluding carboxylic acids is 2. The Labute approximate surface area is 112 Å². The fourth-order valence-corrected chi connectivity index (χ4v) is 1.28. The number of esters is 1. The van der Waals surface area contributed by atoms with E-state index in [1.165, 1.54) is 6.20 Å². The molecule has 8 nitrogen and oxygen atoms in total. The van der Waals surface area contributed by atoms with Crippen molar-refractivity contribution in [1.29, 1.82) is 0 Å². The molecule has 2 N–H and O–H groups in total. The number of hydrogen-bond acceptors (Lipinski definition) is 6. The first-order valence-corrected chi connectivity index (χ1v) is 5.40. The van der Waals surface area contributed by atoms with E-state index in [2.05, 4.69) is 20.0 Å². The van der Waals surface area contributed by atoms with Crippen LogP contribution in [0.2, 0.25) is 5.15 Å². The Bertz CT molecular complexity index is 508. The molecule has 0 saturated carbocycles. The van der Waals surface area contributed by atoms with Crippen LogP contribution in [-0.4, -0.2) is 46.1 Å². The number of ether oxygens (including phenoxy) is 1. The summed E-state index contributed by atoms with van der Waals surface area (Å²) in [6, 6.07) is -1.42. The molecule has 9 heteroatoms. The van der Waals surface area contributed by atoms with Gasteiger partial charge in [0.1, 0.15) is 16.9 Å². The van der Waals surface area contributed by atoms with Gasteiger partial charge in [0, 0.05) is 0 Å². The highest BCUT2D eigenvalue weighted by atomic mass is 35.5. The summed E-state index contributed by atoms with van der Waals surface area (Å²) < 4.78 is 4.33. The van der Waals surface area contributed by atoms with Crippen molar-refractivity contribution < 1.29 is 24.2 Å². The zero-order valence-electron chi connectivity index (χ0n) is 9.79. The van der Waals surface area contributed by atoms with Crippen LogP contribution in [-0.2, 0) is 14.3 Å². The first-order valence-electron chi connectivity index (χ1n) is 5.02. The van der Waals surface area contributed by atoms with Crippen molar-refractivity contribution in [3.63, 3.8) is 0 Å². The largest absolute Gasteiger partial charge is 0.480 e. The van der Waals surface area contributed by atoms with Crippen molar-refractivity contribution in [2.75, 3.05) is 7.11 Å². The second-order valence-electron chi connectivity index (χ2n) is 3.37. The lowest BCUT2D eigenvalue weighted by Crippen LogP contribution is -2.42. The van der Waals surface area contributed by atoms with E-state index in [1.807, 2.05) is 0 Å². The van der Waals surface area contributed by atoms with Gasteiger partial charge in [0.05, 0.1) is 25.9 Å². The molecule has 1 aromatic rings. The standard InChI is InChI=1S/C10H10ClN3O5/c1-19-8(15)2-5(10(17)18)14-9(16)6-3-12-4-7(11)13-6/h3-5H,2H2,1H3,(H,14,16)(H,17,18)/t5-/m0/s1. The molecular weight excluding hydrogens is 278 g/mol. The number of carboxylic acids is 1. The Hall–Kier alpha value is -2.22. The predicted octanol–water partition coefficient (Wildman–Crippen LogP) is -0.124. The van der Waals surface area contributed by atoms with Gasteiger partial charge in [0.25, 0.3) is 5.91 Å². The summed E-state index contributed by atoms with van der Waals surface area (Å²) in [5.74, 6) is -2.93. The number of nitrogens with zero attached hydrogens (tertiary/aromatic N) is 2. The molecule has 1 rings (SSSR count). The van der Waals surface area contributed by atoms with Crippen LogP contribution in [0.5, 0.6) is 0 Å². The van der Waals surface area contributed by atoms with E-state index in [0.29, 0.717) is 0 Å². The number of carboxylic acid groups (broad SMARTS) is 1. The van der Waals surface area contributed by atoms with E-state index < -0.39 is 30.3 Å². The fraction of sp³-hybridized carbons (Fsp3) is 0.300. The predicted molar refractivity (Wildman–Crippen MR) is 62.6 cm³/mol. The van der Waals surface area contributed by atoms with Gasteiger partial charge in [-0.3, -0.25) is 14.6 Å². The molecule has 19 heavy (non-hydrogen) atoms. The number of aromatic nitrogens is 2. The number of carbonyl (C=O) groups is 3. The Balaban J connectivity index is 2.77. The van der Waals surface area contributed by atoms with E-state index in [4.69, 9.17) is 16.7 Å². The molecule has 1 amide bonds. The molecule has 0 aliphatic heterocycles. The van der Waals surface area contributed by atoms with Crippen molar-refractivity contribution in [3.8, 4) is 0 Å². The molecule has 0 aliphatic rings. The van der Waals surface area contributed by atoms with Gasteiger partial charge in [-0.1, -0.05) is 11.6 Å². The average Bonchev–Trinajstić information content (AvgIpc) is 2.37. The van der Waals surface area contributed by atoms with E-state index in [9.17, 15) is 14.4 Å². The highest BCUT2D eigenvalue weighted by molar-refractivity contribution is 6.29. The molecule has 0 radical (unpaired) electrons. The maximum absolute atomic E-state index is 11.7. The number of halogens is 1. The summed E-state index contributed by atoms with van der Waals surface area (Å²) >= 11 is 5.55. The zero-order chi connectivity index (χ0) is 14.4. The summed E-state index contributed by atoms with van der Waals surface area (Å²) in [7, 11) is 1.12. The minimum atomic E-state index is -1.42. The second-order valence-corrected chi connectivity index (χ2v) is 3.76. The number of aliphatic carboxylic acids is 1. The van der Waals surface area contributed by atoms with Gasteiger partial charge >= 0.3 is 11.9 Å².